The van der Waals surface area contributed by atoms with E-state index in [1.54, 1.807) is 23.0 Å². The highest BCUT2D eigenvalue weighted by atomic mass is 19.4. The lowest BCUT2D eigenvalue weighted by atomic mass is 10.2. The number of halogens is 3. The molecule has 2 aromatic rings. The van der Waals surface area contributed by atoms with Gasteiger partial charge in [-0.25, -0.2) is 0 Å². The van der Waals surface area contributed by atoms with E-state index in [1.165, 1.54) is 12.1 Å². The summed E-state index contributed by atoms with van der Waals surface area (Å²) in [5, 5.41) is 7.24. The Morgan fingerprint density at radius 3 is 2.71 bits per heavy atom. The standard InChI is InChI=1S/C14H16F3N3O/c1-11(10-20-8-4-7-19-20)18-9-12-5-2-3-6-13(12)21-14(15,16)17/h2-8,11,18H,9-10H2,1H3. The molecule has 7 heteroatoms. The van der Waals surface area contributed by atoms with Crippen LogP contribution in [0.1, 0.15) is 12.5 Å². The molecule has 1 aromatic heterocycles. The molecule has 1 unspecified atom stereocenters. The highest BCUT2D eigenvalue weighted by Crippen LogP contribution is 2.26. The Labute approximate surface area is 120 Å². The monoisotopic (exact) mass is 299 g/mol. The SMILES string of the molecule is CC(Cn1cccn1)NCc1ccccc1OC(F)(F)F. The van der Waals surface area contributed by atoms with Gasteiger partial charge < -0.3 is 10.1 Å². The first kappa shape index (κ1) is 15.4. The summed E-state index contributed by atoms with van der Waals surface area (Å²) in [6.07, 6.45) is -1.17. The Balaban J connectivity index is 1.93. The van der Waals surface area contributed by atoms with E-state index in [-0.39, 0.29) is 18.3 Å². The van der Waals surface area contributed by atoms with Gasteiger partial charge in [-0.3, -0.25) is 4.68 Å². The second-order valence-electron chi connectivity index (χ2n) is 4.67. The highest BCUT2D eigenvalue weighted by Gasteiger charge is 2.31. The summed E-state index contributed by atoms with van der Waals surface area (Å²) in [5.41, 5.74) is 0.460. The van der Waals surface area contributed by atoms with E-state index in [4.69, 9.17) is 0 Å². The molecule has 1 atom stereocenters. The second kappa shape index (κ2) is 6.62. The van der Waals surface area contributed by atoms with Crippen molar-refractivity contribution < 1.29 is 17.9 Å². The minimum atomic E-state index is -4.68. The van der Waals surface area contributed by atoms with Crippen molar-refractivity contribution in [2.24, 2.45) is 0 Å². The summed E-state index contributed by atoms with van der Waals surface area (Å²) < 4.78 is 42.7. The fourth-order valence-corrected chi connectivity index (χ4v) is 1.91. The first-order valence-electron chi connectivity index (χ1n) is 6.48. The van der Waals surface area contributed by atoms with Gasteiger partial charge in [-0.15, -0.1) is 13.2 Å². The summed E-state index contributed by atoms with van der Waals surface area (Å²) in [6.45, 7) is 2.86. The first-order chi connectivity index (χ1) is 9.94. The zero-order valence-electron chi connectivity index (χ0n) is 11.5. The van der Waals surface area contributed by atoms with Crippen LogP contribution in [0.25, 0.3) is 0 Å². The number of para-hydroxylation sites is 1. The summed E-state index contributed by atoms with van der Waals surface area (Å²) >= 11 is 0. The van der Waals surface area contributed by atoms with Gasteiger partial charge in [0.15, 0.2) is 0 Å². The van der Waals surface area contributed by atoms with Gasteiger partial charge in [-0.2, -0.15) is 5.10 Å². The summed E-state index contributed by atoms with van der Waals surface area (Å²) in [7, 11) is 0. The summed E-state index contributed by atoms with van der Waals surface area (Å²) in [4.78, 5) is 0. The van der Waals surface area contributed by atoms with Crippen LogP contribution in [0.3, 0.4) is 0 Å². The molecule has 1 aromatic carbocycles. The van der Waals surface area contributed by atoms with Crippen LogP contribution in [0.2, 0.25) is 0 Å². The van der Waals surface area contributed by atoms with Gasteiger partial charge in [0, 0.05) is 30.5 Å². The molecule has 0 aliphatic rings. The van der Waals surface area contributed by atoms with Crippen LogP contribution in [0.5, 0.6) is 5.75 Å². The Morgan fingerprint density at radius 2 is 2.05 bits per heavy atom. The zero-order chi connectivity index (χ0) is 15.3. The van der Waals surface area contributed by atoms with E-state index in [0.717, 1.165) is 0 Å². The van der Waals surface area contributed by atoms with Crippen molar-refractivity contribution in [3.8, 4) is 5.75 Å². The van der Waals surface area contributed by atoms with Crippen LogP contribution in [0.15, 0.2) is 42.7 Å². The molecule has 0 fully saturated rings. The lowest BCUT2D eigenvalue weighted by Crippen LogP contribution is -2.30. The van der Waals surface area contributed by atoms with Crippen molar-refractivity contribution >= 4 is 0 Å². The molecule has 0 bridgehead atoms. The summed E-state index contributed by atoms with van der Waals surface area (Å²) in [5.74, 6) is -0.177. The number of alkyl halides is 3. The van der Waals surface area contributed by atoms with Gasteiger partial charge >= 0.3 is 6.36 Å². The van der Waals surface area contributed by atoms with Gasteiger partial charge in [0.2, 0.25) is 0 Å². The quantitative estimate of drug-likeness (QED) is 0.891. The maximum atomic E-state index is 12.3. The van der Waals surface area contributed by atoms with Gasteiger partial charge in [0.25, 0.3) is 0 Å². The van der Waals surface area contributed by atoms with E-state index in [1.807, 2.05) is 19.2 Å². The van der Waals surface area contributed by atoms with Crippen molar-refractivity contribution in [2.45, 2.75) is 32.4 Å². The van der Waals surface area contributed by atoms with Crippen LogP contribution in [-0.2, 0) is 13.1 Å². The predicted molar refractivity (Wildman–Crippen MR) is 71.7 cm³/mol. The second-order valence-corrected chi connectivity index (χ2v) is 4.67. The largest absolute Gasteiger partial charge is 0.573 e. The van der Waals surface area contributed by atoms with E-state index in [9.17, 15) is 13.2 Å². The van der Waals surface area contributed by atoms with Crippen LogP contribution in [-0.4, -0.2) is 22.2 Å². The molecule has 21 heavy (non-hydrogen) atoms. The molecular weight excluding hydrogens is 283 g/mol. The van der Waals surface area contributed by atoms with E-state index in [2.05, 4.69) is 15.2 Å². The first-order valence-corrected chi connectivity index (χ1v) is 6.48. The molecular formula is C14H16F3N3O. The Bertz CT molecular complexity index is 555. The third kappa shape index (κ3) is 5.11. The molecule has 1 N–H and O–H groups in total. The van der Waals surface area contributed by atoms with Crippen LogP contribution < -0.4 is 10.1 Å². The molecule has 0 radical (unpaired) electrons. The smallest absolute Gasteiger partial charge is 0.405 e. The zero-order valence-corrected chi connectivity index (χ0v) is 11.5. The number of ether oxygens (including phenoxy) is 1. The van der Waals surface area contributed by atoms with E-state index < -0.39 is 6.36 Å². The molecule has 4 nitrogen and oxygen atoms in total. The van der Waals surface area contributed by atoms with Gasteiger partial charge in [-0.05, 0) is 19.1 Å². The number of benzene rings is 1. The molecule has 1 heterocycles. The average Bonchev–Trinajstić information content (AvgIpc) is 2.89. The molecule has 2 rings (SSSR count). The fourth-order valence-electron chi connectivity index (χ4n) is 1.91. The molecule has 0 saturated carbocycles. The summed E-state index contributed by atoms with van der Waals surface area (Å²) in [6, 6.07) is 7.98. The average molecular weight is 299 g/mol. The number of rotatable bonds is 6. The molecule has 0 spiro atoms. The van der Waals surface area contributed by atoms with Crippen molar-refractivity contribution in [2.75, 3.05) is 0 Å². The normalized spacial score (nSPS) is 13.1. The molecule has 0 aliphatic carbocycles. The number of hydrogen-bond acceptors (Lipinski definition) is 3. The van der Waals surface area contributed by atoms with Crippen LogP contribution in [0.4, 0.5) is 13.2 Å². The van der Waals surface area contributed by atoms with Crippen molar-refractivity contribution in [1.29, 1.82) is 0 Å². The highest BCUT2D eigenvalue weighted by molar-refractivity contribution is 5.33. The van der Waals surface area contributed by atoms with Gasteiger partial charge in [0.05, 0.1) is 6.54 Å². The topological polar surface area (TPSA) is 39.1 Å². The molecule has 0 saturated heterocycles. The lowest BCUT2D eigenvalue weighted by Gasteiger charge is -2.17. The van der Waals surface area contributed by atoms with Crippen molar-refractivity contribution in [3.05, 3.63) is 48.3 Å². The Hall–Kier alpha value is -2.02. The maximum Gasteiger partial charge on any atom is 0.573 e. The number of aromatic nitrogens is 2. The minimum Gasteiger partial charge on any atom is -0.405 e. The molecule has 0 aliphatic heterocycles. The molecule has 114 valence electrons. The maximum absolute atomic E-state index is 12.3. The number of nitrogens with one attached hydrogen (secondary N) is 1. The number of hydrogen-bond donors (Lipinski definition) is 1. The van der Waals surface area contributed by atoms with Crippen LogP contribution >= 0.6 is 0 Å². The van der Waals surface area contributed by atoms with Gasteiger partial charge in [-0.1, -0.05) is 18.2 Å². The third-order valence-corrected chi connectivity index (χ3v) is 2.86. The minimum absolute atomic E-state index is 0.0591. The molecule has 0 amide bonds. The Kier molecular flexibility index (Phi) is 4.85. The van der Waals surface area contributed by atoms with Crippen molar-refractivity contribution in [3.63, 3.8) is 0 Å². The predicted octanol–water partition coefficient (Wildman–Crippen LogP) is 2.96. The number of nitrogens with zero attached hydrogens (tertiary/aromatic N) is 2. The Morgan fingerprint density at radius 1 is 1.29 bits per heavy atom. The van der Waals surface area contributed by atoms with E-state index in [0.29, 0.717) is 12.1 Å². The van der Waals surface area contributed by atoms with Crippen LogP contribution in [0, 0.1) is 0 Å². The fraction of sp³-hybridized carbons (Fsp3) is 0.357. The van der Waals surface area contributed by atoms with Gasteiger partial charge in [0.1, 0.15) is 5.75 Å². The van der Waals surface area contributed by atoms with Crippen molar-refractivity contribution in [1.82, 2.24) is 15.1 Å². The third-order valence-electron chi connectivity index (χ3n) is 2.86. The lowest BCUT2D eigenvalue weighted by molar-refractivity contribution is -0.274. The van der Waals surface area contributed by atoms with E-state index >= 15 is 0 Å².